The Kier molecular flexibility index (Phi) is 8.26. The van der Waals surface area contributed by atoms with Crippen LogP contribution in [0, 0.1) is 0 Å². The molecule has 1 fully saturated rings. The number of carbonyl (C=O) groups excluding carboxylic acids is 2. The zero-order valence-corrected chi connectivity index (χ0v) is 13.3. The third kappa shape index (κ3) is 6.88. The lowest BCUT2D eigenvalue weighted by atomic mass is 10.3. The Morgan fingerprint density at radius 1 is 1.10 bits per heavy atom. The van der Waals surface area contributed by atoms with Crippen LogP contribution < -0.4 is 0 Å². The maximum Gasteiger partial charge on any atom is 0.306 e. The Morgan fingerprint density at radius 3 is 2.33 bits per heavy atom. The van der Waals surface area contributed by atoms with Crippen LogP contribution in [0.15, 0.2) is 0 Å². The molecule has 7 heteroatoms. The molecule has 0 N–H and O–H groups in total. The van der Waals surface area contributed by atoms with Crippen molar-refractivity contribution in [1.82, 2.24) is 14.7 Å². The van der Waals surface area contributed by atoms with Gasteiger partial charge in [-0.3, -0.25) is 14.5 Å². The standard InChI is InChI=1S/C14H27N3O4/c1-15-6-8-17(9-7-15)13(18)12-16(10-11-20-2)5-4-14(19)21-3/h4-12H2,1-3H3. The van der Waals surface area contributed by atoms with Gasteiger partial charge in [0, 0.05) is 46.4 Å². The summed E-state index contributed by atoms with van der Waals surface area (Å²) >= 11 is 0. The first-order valence-corrected chi connectivity index (χ1v) is 7.31. The molecule has 1 heterocycles. The lowest BCUT2D eigenvalue weighted by Crippen LogP contribution is -2.50. The molecule has 21 heavy (non-hydrogen) atoms. The predicted molar refractivity (Wildman–Crippen MR) is 79.0 cm³/mol. The van der Waals surface area contributed by atoms with Crippen molar-refractivity contribution in [2.45, 2.75) is 6.42 Å². The largest absolute Gasteiger partial charge is 0.469 e. The summed E-state index contributed by atoms with van der Waals surface area (Å²) in [4.78, 5) is 29.6. The van der Waals surface area contributed by atoms with E-state index in [1.54, 1.807) is 7.11 Å². The summed E-state index contributed by atoms with van der Waals surface area (Å²) in [5.41, 5.74) is 0. The van der Waals surface area contributed by atoms with Crippen LogP contribution in [0.1, 0.15) is 6.42 Å². The number of carbonyl (C=O) groups is 2. The van der Waals surface area contributed by atoms with Crippen LogP contribution in [-0.4, -0.2) is 100 Å². The number of hydrogen-bond donors (Lipinski definition) is 0. The van der Waals surface area contributed by atoms with Gasteiger partial charge in [-0.05, 0) is 7.05 Å². The van der Waals surface area contributed by atoms with Crippen molar-refractivity contribution in [2.75, 3.05) is 73.7 Å². The van der Waals surface area contributed by atoms with Crippen LogP contribution in [0.2, 0.25) is 0 Å². The molecule has 1 amide bonds. The summed E-state index contributed by atoms with van der Waals surface area (Å²) in [6, 6.07) is 0. The van der Waals surface area contributed by atoms with Gasteiger partial charge in [0.05, 0.1) is 26.7 Å². The smallest absolute Gasteiger partial charge is 0.306 e. The summed E-state index contributed by atoms with van der Waals surface area (Å²) in [7, 11) is 5.06. The van der Waals surface area contributed by atoms with Gasteiger partial charge in [-0.1, -0.05) is 0 Å². The van der Waals surface area contributed by atoms with Crippen LogP contribution in [0.3, 0.4) is 0 Å². The molecule has 1 aliphatic heterocycles. The SMILES string of the molecule is COCCN(CCC(=O)OC)CC(=O)N1CCN(C)CC1. The van der Waals surface area contributed by atoms with E-state index in [2.05, 4.69) is 16.7 Å². The van der Waals surface area contributed by atoms with Gasteiger partial charge >= 0.3 is 5.97 Å². The molecule has 0 aromatic heterocycles. The normalized spacial score (nSPS) is 16.3. The molecule has 0 aromatic rings. The molecule has 0 unspecified atom stereocenters. The average Bonchev–Trinajstić information content (AvgIpc) is 2.50. The van der Waals surface area contributed by atoms with E-state index in [1.165, 1.54) is 7.11 Å². The number of methoxy groups -OCH3 is 2. The number of piperazine rings is 1. The number of esters is 1. The van der Waals surface area contributed by atoms with Crippen molar-refractivity contribution in [3.63, 3.8) is 0 Å². The summed E-state index contributed by atoms with van der Waals surface area (Å²) in [6.07, 6.45) is 0.288. The Balaban J connectivity index is 2.42. The Labute approximate surface area is 126 Å². The van der Waals surface area contributed by atoms with E-state index in [0.29, 0.717) is 26.2 Å². The predicted octanol–water partition coefficient (Wildman–Crippen LogP) is -0.728. The van der Waals surface area contributed by atoms with Crippen LogP contribution in [-0.2, 0) is 19.1 Å². The van der Waals surface area contributed by atoms with E-state index in [9.17, 15) is 9.59 Å². The second-order valence-corrected chi connectivity index (χ2v) is 5.28. The van der Waals surface area contributed by atoms with Gasteiger partial charge in [-0.25, -0.2) is 0 Å². The second-order valence-electron chi connectivity index (χ2n) is 5.28. The van der Waals surface area contributed by atoms with E-state index in [4.69, 9.17) is 4.74 Å². The highest BCUT2D eigenvalue weighted by Crippen LogP contribution is 2.02. The van der Waals surface area contributed by atoms with Crippen LogP contribution >= 0.6 is 0 Å². The van der Waals surface area contributed by atoms with Crippen molar-refractivity contribution in [2.24, 2.45) is 0 Å². The molecular formula is C14H27N3O4. The first-order chi connectivity index (χ1) is 10.1. The highest BCUT2D eigenvalue weighted by molar-refractivity contribution is 5.78. The molecule has 0 radical (unpaired) electrons. The van der Waals surface area contributed by atoms with E-state index >= 15 is 0 Å². The Bertz CT molecular complexity index is 330. The first-order valence-electron chi connectivity index (χ1n) is 7.31. The number of hydrogen-bond acceptors (Lipinski definition) is 6. The summed E-state index contributed by atoms with van der Waals surface area (Å²) in [6.45, 7) is 5.36. The fourth-order valence-corrected chi connectivity index (χ4v) is 2.19. The molecule has 0 aromatic carbocycles. The average molecular weight is 301 g/mol. The Hall–Kier alpha value is -1.18. The molecule has 1 aliphatic rings. The molecule has 0 saturated carbocycles. The topological polar surface area (TPSA) is 62.3 Å². The van der Waals surface area contributed by atoms with Gasteiger partial charge in [0.1, 0.15) is 0 Å². The quantitative estimate of drug-likeness (QED) is 0.551. The van der Waals surface area contributed by atoms with Crippen LogP contribution in [0.4, 0.5) is 0 Å². The van der Waals surface area contributed by atoms with Crippen LogP contribution in [0.5, 0.6) is 0 Å². The van der Waals surface area contributed by atoms with Crippen molar-refractivity contribution in [1.29, 1.82) is 0 Å². The molecule has 7 nitrogen and oxygen atoms in total. The lowest BCUT2D eigenvalue weighted by molar-refractivity contribution is -0.142. The lowest BCUT2D eigenvalue weighted by Gasteiger charge is -2.34. The molecule has 0 bridgehead atoms. The minimum atomic E-state index is -0.260. The van der Waals surface area contributed by atoms with Gasteiger partial charge in [0.2, 0.25) is 5.91 Å². The maximum atomic E-state index is 12.3. The fourth-order valence-electron chi connectivity index (χ4n) is 2.19. The van der Waals surface area contributed by atoms with Crippen LogP contribution in [0.25, 0.3) is 0 Å². The number of amides is 1. The molecule has 122 valence electrons. The van der Waals surface area contributed by atoms with Crippen molar-refractivity contribution >= 4 is 11.9 Å². The maximum absolute atomic E-state index is 12.3. The minimum absolute atomic E-state index is 0.115. The van der Waals surface area contributed by atoms with E-state index in [-0.39, 0.29) is 18.3 Å². The highest BCUT2D eigenvalue weighted by atomic mass is 16.5. The van der Waals surface area contributed by atoms with Gasteiger partial charge in [0.15, 0.2) is 0 Å². The molecule has 1 saturated heterocycles. The third-order valence-electron chi connectivity index (χ3n) is 3.69. The number of likely N-dealkylation sites (N-methyl/N-ethyl adjacent to an activating group) is 1. The molecule has 0 spiro atoms. The Morgan fingerprint density at radius 2 is 1.76 bits per heavy atom. The monoisotopic (exact) mass is 301 g/mol. The van der Waals surface area contributed by atoms with Gasteiger partial charge < -0.3 is 19.3 Å². The number of nitrogens with zero attached hydrogens (tertiary/aromatic N) is 3. The van der Waals surface area contributed by atoms with Crippen molar-refractivity contribution in [3.8, 4) is 0 Å². The first kappa shape index (κ1) is 17.9. The number of ether oxygens (including phenoxy) is 2. The molecular weight excluding hydrogens is 274 g/mol. The van der Waals surface area contributed by atoms with E-state index < -0.39 is 0 Å². The zero-order chi connectivity index (χ0) is 15.7. The van der Waals surface area contributed by atoms with E-state index in [0.717, 1.165) is 26.2 Å². The minimum Gasteiger partial charge on any atom is -0.469 e. The summed E-state index contributed by atoms with van der Waals surface area (Å²) in [5, 5.41) is 0. The summed E-state index contributed by atoms with van der Waals surface area (Å²) in [5.74, 6) is -0.145. The van der Waals surface area contributed by atoms with Gasteiger partial charge in [0.25, 0.3) is 0 Å². The second kappa shape index (κ2) is 9.70. The van der Waals surface area contributed by atoms with Gasteiger partial charge in [-0.2, -0.15) is 0 Å². The third-order valence-corrected chi connectivity index (χ3v) is 3.69. The van der Waals surface area contributed by atoms with E-state index in [1.807, 2.05) is 9.80 Å². The number of rotatable bonds is 8. The molecule has 1 rings (SSSR count). The van der Waals surface area contributed by atoms with Gasteiger partial charge in [-0.15, -0.1) is 0 Å². The summed E-state index contributed by atoms with van der Waals surface area (Å²) < 4.78 is 9.70. The molecule has 0 atom stereocenters. The molecule has 0 aliphatic carbocycles. The fraction of sp³-hybridized carbons (Fsp3) is 0.857. The van der Waals surface area contributed by atoms with Crippen molar-refractivity contribution < 1.29 is 19.1 Å². The highest BCUT2D eigenvalue weighted by Gasteiger charge is 2.21. The van der Waals surface area contributed by atoms with Crippen molar-refractivity contribution in [3.05, 3.63) is 0 Å². The zero-order valence-electron chi connectivity index (χ0n) is 13.3.